The largest absolute Gasteiger partial charge is 1.00 e. The Labute approximate surface area is 298 Å². The van der Waals surface area contributed by atoms with Gasteiger partial charge in [0.25, 0.3) is 5.91 Å². The number of nitrogens with one attached hydrogen (secondary N) is 2. The number of halogens is 2. The minimum Gasteiger partial charge on any atom is -1.00 e. The molecular weight excluding hydrogens is 702 g/mol. The van der Waals surface area contributed by atoms with E-state index in [0.717, 1.165) is 75.6 Å². The third kappa shape index (κ3) is 10.1. The molecular formula is C38H52FIN6O. The monoisotopic (exact) mass is 754 g/mol. The van der Waals surface area contributed by atoms with Crippen LogP contribution in [0.25, 0.3) is 11.1 Å². The zero-order valence-corrected chi connectivity index (χ0v) is 30.4. The molecule has 0 unspecified atom stereocenters. The highest BCUT2D eigenvalue weighted by Crippen LogP contribution is 2.26. The molecule has 3 saturated heterocycles. The molecule has 7 nitrogen and oxygen atoms in total. The third-order valence-electron chi connectivity index (χ3n) is 10.2. The lowest BCUT2D eigenvalue weighted by Crippen LogP contribution is -3.00. The number of piperazine rings is 2. The first-order valence-corrected chi connectivity index (χ1v) is 17.3. The van der Waals surface area contributed by atoms with Crippen LogP contribution in [0, 0.1) is 5.82 Å². The van der Waals surface area contributed by atoms with E-state index in [1.54, 1.807) is 6.07 Å². The number of rotatable bonds is 11. The van der Waals surface area contributed by atoms with Crippen LogP contribution in [0.15, 0.2) is 66.7 Å². The van der Waals surface area contributed by atoms with Crippen LogP contribution in [0.3, 0.4) is 0 Å². The Morgan fingerprint density at radius 1 is 0.872 bits per heavy atom. The Balaban J connectivity index is 0.00000433. The van der Waals surface area contributed by atoms with Crippen molar-refractivity contribution in [1.82, 2.24) is 25.3 Å². The predicted molar refractivity (Wildman–Crippen MR) is 184 cm³/mol. The number of benzene rings is 3. The van der Waals surface area contributed by atoms with Gasteiger partial charge in [-0.2, -0.15) is 0 Å². The molecule has 47 heavy (non-hydrogen) atoms. The smallest absolute Gasteiger partial charge is 0.251 e. The summed E-state index contributed by atoms with van der Waals surface area (Å²) in [5.74, 6) is -0.359. The first-order chi connectivity index (χ1) is 22.3. The maximum absolute atomic E-state index is 15.0. The molecule has 2 N–H and O–H groups in total. The fourth-order valence-electron chi connectivity index (χ4n) is 7.38. The summed E-state index contributed by atoms with van der Waals surface area (Å²) in [6.07, 6.45) is 2.75. The van der Waals surface area contributed by atoms with E-state index in [-0.39, 0.29) is 35.7 Å². The zero-order valence-electron chi connectivity index (χ0n) is 28.2. The van der Waals surface area contributed by atoms with Crippen LogP contribution >= 0.6 is 0 Å². The Morgan fingerprint density at radius 3 is 2.34 bits per heavy atom. The molecule has 1 atom stereocenters. The van der Waals surface area contributed by atoms with Gasteiger partial charge < -0.3 is 39.1 Å². The lowest BCUT2D eigenvalue weighted by Gasteiger charge is -2.37. The zero-order chi connectivity index (χ0) is 31.9. The molecule has 3 aliphatic heterocycles. The van der Waals surface area contributed by atoms with Gasteiger partial charge in [0.1, 0.15) is 5.82 Å². The second-order valence-electron chi connectivity index (χ2n) is 14.1. The van der Waals surface area contributed by atoms with E-state index >= 15 is 4.39 Å². The number of hydrogen-bond acceptors (Lipinski definition) is 5. The Bertz CT molecular complexity index is 1470. The third-order valence-corrected chi connectivity index (χ3v) is 10.2. The van der Waals surface area contributed by atoms with Crippen molar-refractivity contribution in [3.63, 3.8) is 0 Å². The minimum absolute atomic E-state index is 0. The van der Waals surface area contributed by atoms with Gasteiger partial charge in [0.2, 0.25) is 0 Å². The van der Waals surface area contributed by atoms with E-state index in [1.807, 2.05) is 36.4 Å². The molecule has 0 spiro atoms. The van der Waals surface area contributed by atoms with Gasteiger partial charge in [-0.15, -0.1) is 0 Å². The number of quaternary nitrogens is 1. The summed E-state index contributed by atoms with van der Waals surface area (Å²) in [6, 6.07) is 21.8. The number of carbonyl (C=O) groups excluding carboxylic acids is 1. The maximum Gasteiger partial charge on any atom is 0.251 e. The van der Waals surface area contributed by atoms with Crippen molar-refractivity contribution in [2.75, 3.05) is 79.0 Å². The summed E-state index contributed by atoms with van der Waals surface area (Å²) in [5.41, 5.74) is 5.31. The van der Waals surface area contributed by atoms with Crippen molar-refractivity contribution in [2.24, 2.45) is 0 Å². The molecule has 254 valence electrons. The first kappa shape index (κ1) is 35.9. The Hall–Kier alpha value is -2.41. The second-order valence-corrected chi connectivity index (χ2v) is 14.1. The topological polar surface area (TPSA) is 50.9 Å². The number of hydrogen-bond donors (Lipinski definition) is 2. The molecule has 3 aromatic carbocycles. The fourth-order valence-corrected chi connectivity index (χ4v) is 7.38. The fraction of sp³-hybridized carbons (Fsp3) is 0.500. The summed E-state index contributed by atoms with van der Waals surface area (Å²) >= 11 is 0. The van der Waals surface area contributed by atoms with Crippen LogP contribution in [0.1, 0.15) is 46.8 Å². The van der Waals surface area contributed by atoms with E-state index in [9.17, 15) is 4.79 Å². The van der Waals surface area contributed by atoms with Gasteiger partial charge in [0.15, 0.2) is 0 Å². The summed E-state index contributed by atoms with van der Waals surface area (Å²) in [4.78, 5) is 20.7. The van der Waals surface area contributed by atoms with Gasteiger partial charge in [0.05, 0.1) is 26.7 Å². The van der Waals surface area contributed by atoms with Gasteiger partial charge in [0, 0.05) is 102 Å². The van der Waals surface area contributed by atoms with Gasteiger partial charge in [-0.1, -0.05) is 36.4 Å². The summed E-state index contributed by atoms with van der Waals surface area (Å²) < 4.78 is 16.3. The van der Waals surface area contributed by atoms with Gasteiger partial charge in [-0.25, -0.2) is 4.39 Å². The number of amides is 1. The van der Waals surface area contributed by atoms with Crippen molar-refractivity contribution in [1.29, 1.82) is 0 Å². The molecule has 0 bridgehead atoms. The summed E-state index contributed by atoms with van der Waals surface area (Å²) in [6.45, 7) is 16.7. The van der Waals surface area contributed by atoms with Crippen LogP contribution in [-0.2, 0) is 19.6 Å². The molecule has 3 fully saturated rings. The molecule has 3 aromatic rings. The lowest BCUT2D eigenvalue weighted by atomic mass is 10.00. The van der Waals surface area contributed by atoms with Crippen LogP contribution in [0.4, 0.5) is 4.39 Å². The highest BCUT2D eigenvalue weighted by molar-refractivity contribution is 5.94. The number of likely N-dealkylation sites (tertiary alicyclic amines) is 1. The summed E-state index contributed by atoms with van der Waals surface area (Å²) in [5, 5.41) is 6.55. The van der Waals surface area contributed by atoms with Crippen molar-refractivity contribution < 1.29 is 37.6 Å². The quantitative estimate of drug-likeness (QED) is 0.230. The van der Waals surface area contributed by atoms with Crippen molar-refractivity contribution in [3.8, 4) is 11.1 Å². The second kappa shape index (κ2) is 16.8. The van der Waals surface area contributed by atoms with Crippen molar-refractivity contribution >= 4 is 5.91 Å². The molecule has 1 amide bonds. The van der Waals surface area contributed by atoms with Crippen molar-refractivity contribution in [2.45, 2.75) is 45.4 Å². The average molecular weight is 755 g/mol. The molecule has 0 radical (unpaired) electrons. The van der Waals surface area contributed by atoms with Crippen LogP contribution in [0.2, 0.25) is 0 Å². The van der Waals surface area contributed by atoms with E-state index in [0.29, 0.717) is 23.7 Å². The molecule has 0 aliphatic carbocycles. The van der Waals surface area contributed by atoms with Crippen LogP contribution in [-0.4, -0.2) is 110 Å². The Morgan fingerprint density at radius 2 is 1.57 bits per heavy atom. The minimum atomic E-state index is -0.251. The number of nitrogens with zero attached hydrogens (tertiary/aromatic N) is 4. The van der Waals surface area contributed by atoms with Gasteiger partial charge >= 0.3 is 0 Å². The number of likely N-dealkylation sites (N-methyl/N-ethyl adjacent to an activating group) is 1. The van der Waals surface area contributed by atoms with E-state index in [4.69, 9.17) is 0 Å². The number of carbonyl (C=O) groups is 1. The van der Waals surface area contributed by atoms with Crippen LogP contribution in [0.5, 0.6) is 0 Å². The van der Waals surface area contributed by atoms with E-state index in [2.05, 4.69) is 57.5 Å². The van der Waals surface area contributed by atoms with Crippen molar-refractivity contribution in [3.05, 3.63) is 94.8 Å². The summed E-state index contributed by atoms with van der Waals surface area (Å²) in [7, 11) is 2.42. The van der Waals surface area contributed by atoms with E-state index < -0.39 is 0 Å². The first-order valence-electron chi connectivity index (χ1n) is 17.3. The molecule has 9 heteroatoms. The van der Waals surface area contributed by atoms with E-state index in [1.165, 1.54) is 55.1 Å². The standard InChI is InChI=1S/C38H51FN6O.HI/c1-30-27-44(14-13-40-30)29-32-7-5-9-34(23-32)36-25-31(11-12-37(36)39)26-41-38(46)35-10-6-8-33(24-35)28-43-17-15-42(16-18-43)19-22-45(2)20-3-4-21-45;/h5-12,23-25,30,40H,3-4,13-22,26-29H2,1-2H3;1H/t30-;/m0./s1. The maximum atomic E-state index is 15.0. The average Bonchev–Trinajstić information content (AvgIpc) is 3.50. The van der Waals surface area contributed by atoms with Gasteiger partial charge in [-0.3, -0.25) is 19.5 Å². The molecule has 0 saturated carbocycles. The molecule has 3 heterocycles. The van der Waals surface area contributed by atoms with Crippen LogP contribution < -0.4 is 34.6 Å². The molecule has 6 rings (SSSR count). The Kier molecular flexibility index (Phi) is 12.8. The predicted octanol–water partition coefficient (Wildman–Crippen LogP) is 1.58. The normalized spacial score (nSPS) is 20.5. The lowest BCUT2D eigenvalue weighted by molar-refractivity contribution is -0.897. The highest BCUT2D eigenvalue weighted by atomic mass is 127. The SMILES string of the molecule is C[C@H]1CN(Cc2cccc(-c3cc(CNC(=O)c4cccc(CN5CCN(CC[N+]6(C)CCCC6)CC5)c4)ccc3F)c2)CCN1.[I-]. The highest BCUT2D eigenvalue weighted by Gasteiger charge is 2.28. The molecule has 3 aliphatic rings. The van der Waals surface area contributed by atoms with Gasteiger partial charge in [-0.05, 0) is 59.5 Å². The molecule has 0 aromatic heterocycles.